The van der Waals surface area contributed by atoms with Gasteiger partial charge < -0.3 is 0 Å². The van der Waals surface area contributed by atoms with Gasteiger partial charge in [-0.05, 0) is 28.1 Å². The Balaban J connectivity index is 1.80. The van der Waals surface area contributed by atoms with Gasteiger partial charge in [-0.3, -0.25) is 0 Å². The molecule has 1 fully saturated rings. The van der Waals surface area contributed by atoms with Crippen molar-refractivity contribution in [1.82, 2.24) is 19.3 Å². The largest absolute Gasteiger partial charge is 0.247 e. The van der Waals surface area contributed by atoms with E-state index in [1.165, 1.54) is 4.31 Å². The zero-order chi connectivity index (χ0) is 13.5. The number of halogens is 1. The predicted molar refractivity (Wildman–Crippen MR) is 72.0 cm³/mol. The van der Waals surface area contributed by atoms with Gasteiger partial charge >= 0.3 is 0 Å². The maximum absolute atomic E-state index is 12.4. The lowest BCUT2D eigenvalue weighted by Crippen LogP contribution is -2.50. The number of hydrogen-bond donors (Lipinski definition) is 0. The van der Waals surface area contributed by atoms with Crippen LogP contribution in [-0.2, 0) is 10.0 Å². The van der Waals surface area contributed by atoms with E-state index >= 15 is 0 Å². The third-order valence-electron chi connectivity index (χ3n) is 3.10. The maximum atomic E-state index is 12.4. The van der Waals surface area contributed by atoms with Crippen molar-refractivity contribution in [2.24, 2.45) is 0 Å². The van der Waals surface area contributed by atoms with E-state index in [-0.39, 0.29) is 6.04 Å². The van der Waals surface area contributed by atoms with Crippen LogP contribution in [0.1, 0.15) is 6.04 Å². The topological polar surface area (TPSA) is 68.1 Å². The minimum absolute atomic E-state index is 0.0692. The van der Waals surface area contributed by atoms with Crippen molar-refractivity contribution in [3.05, 3.63) is 41.1 Å². The van der Waals surface area contributed by atoms with Crippen molar-refractivity contribution < 1.29 is 8.42 Å². The summed E-state index contributed by atoms with van der Waals surface area (Å²) in [4.78, 5) is 0.298. The van der Waals surface area contributed by atoms with E-state index in [2.05, 4.69) is 26.2 Å². The Morgan fingerprint density at radius 3 is 2.63 bits per heavy atom. The molecule has 6 nitrogen and oxygen atoms in total. The highest BCUT2D eigenvalue weighted by atomic mass is 79.9. The van der Waals surface area contributed by atoms with Gasteiger partial charge in [-0.15, -0.1) is 5.10 Å². The van der Waals surface area contributed by atoms with Crippen LogP contribution in [0.15, 0.2) is 46.0 Å². The Labute approximate surface area is 119 Å². The highest BCUT2D eigenvalue weighted by Crippen LogP contribution is 2.30. The molecule has 0 N–H and O–H groups in total. The Hall–Kier alpha value is -1.25. The summed E-state index contributed by atoms with van der Waals surface area (Å²) in [6.45, 7) is 0.847. The summed E-state index contributed by atoms with van der Waals surface area (Å²) in [5, 5.41) is 7.60. The molecular weight excluding hydrogens is 332 g/mol. The van der Waals surface area contributed by atoms with Crippen molar-refractivity contribution in [1.29, 1.82) is 0 Å². The third-order valence-corrected chi connectivity index (χ3v) is 5.94. The molecule has 0 unspecified atom stereocenters. The van der Waals surface area contributed by atoms with Gasteiger partial charge in [-0.25, -0.2) is 13.1 Å². The molecule has 0 amide bonds. The lowest BCUT2D eigenvalue weighted by Gasteiger charge is -2.37. The first kappa shape index (κ1) is 12.8. The van der Waals surface area contributed by atoms with E-state index in [9.17, 15) is 8.42 Å². The van der Waals surface area contributed by atoms with E-state index in [0.717, 1.165) is 0 Å². The second-order valence-electron chi connectivity index (χ2n) is 4.29. The normalized spacial score (nSPS) is 17.3. The molecule has 2 aromatic rings. The monoisotopic (exact) mass is 342 g/mol. The molecule has 1 aromatic carbocycles. The number of sulfonamides is 1. The molecule has 0 saturated carbocycles. The Morgan fingerprint density at radius 1 is 1.26 bits per heavy atom. The Bertz CT molecular complexity index is 680. The zero-order valence-electron chi connectivity index (χ0n) is 9.85. The summed E-state index contributed by atoms with van der Waals surface area (Å²) < 4.78 is 28.5. The van der Waals surface area contributed by atoms with Gasteiger partial charge in [0.25, 0.3) is 0 Å². The molecule has 8 heteroatoms. The molecule has 1 aromatic heterocycles. The molecule has 19 heavy (non-hydrogen) atoms. The first-order valence-corrected chi connectivity index (χ1v) is 7.93. The van der Waals surface area contributed by atoms with Crippen LogP contribution in [-0.4, -0.2) is 40.8 Å². The number of aromatic nitrogens is 3. The summed E-state index contributed by atoms with van der Waals surface area (Å²) in [6, 6.07) is 6.90. The predicted octanol–water partition coefficient (Wildman–Crippen LogP) is 1.29. The SMILES string of the molecule is O=S(=O)(c1ccccc1Br)N1CC(n2ccnn2)C1. The van der Waals surface area contributed by atoms with Crippen molar-refractivity contribution in [2.75, 3.05) is 13.1 Å². The third kappa shape index (κ3) is 2.19. The second kappa shape index (κ2) is 4.69. The van der Waals surface area contributed by atoms with Gasteiger partial charge in [0.15, 0.2) is 0 Å². The number of benzene rings is 1. The first-order chi connectivity index (χ1) is 9.09. The van der Waals surface area contributed by atoms with Crippen LogP contribution >= 0.6 is 15.9 Å². The quantitative estimate of drug-likeness (QED) is 0.842. The van der Waals surface area contributed by atoms with Crippen molar-refractivity contribution in [2.45, 2.75) is 10.9 Å². The molecule has 1 aliphatic rings. The van der Waals surface area contributed by atoms with Crippen LogP contribution in [0.25, 0.3) is 0 Å². The minimum Gasteiger partial charge on any atom is -0.247 e. The standard InChI is InChI=1S/C11H11BrN4O2S/c12-10-3-1-2-4-11(10)19(17,18)15-7-9(8-15)16-6-5-13-14-16/h1-6,9H,7-8H2. The van der Waals surface area contributed by atoms with Crippen molar-refractivity contribution in [3.63, 3.8) is 0 Å². The van der Waals surface area contributed by atoms with Crippen LogP contribution < -0.4 is 0 Å². The fraction of sp³-hybridized carbons (Fsp3) is 0.273. The van der Waals surface area contributed by atoms with E-state index in [4.69, 9.17) is 0 Å². The highest BCUT2D eigenvalue weighted by molar-refractivity contribution is 9.10. The highest BCUT2D eigenvalue weighted by Gasteiger charge is 2.38. The molecule has 1 saturated heterocycles. The van der Waals surface area contributed by atoms with Crippen LogP contribution in [0, 0.1) is 0 Å². The van der Waals surface area contributed by atoms with E-state index in [0.29, 0.717) is 22.5 Å². The number of nitrogens with zero attached hydrogens (tertiary/aromatic N) is 4. The molecule has 0 aliphatic carbocycles. The molecule has 100 valence electrons. The molecule has 0 atom stereocenters. The van der Waals surface area contributed by atoms with Crippen LogP contribution in [0.3, 0.4) is 0 Å². The summed E-state index contributed by atoms with van der Waals surface area (Å²) >= 11 is 3.27. The lowest BCUT2D eigenvalue weighted by atomic mass is 10.2. The summed E-state index contributed by atoms with van der Waals surface area (Å²) in [5.41, 5.74) is 0. The summed E-state index contributed by atoms with van der Waals surface area (Å²) in [7, 11) is -3.43. The lowest BCUT2D eigenvalue weighted by molar-refractivity contribution is 0.189. The molecule has 2 heterocycles. The molecule has 0 spiro atoms. The number of hydrogen-bond acceptors (Lipinski definition) is 4. The van der Waals surface area contributed by atoms with Crippen molar-refractivity contribution >= 4 is 26.0 Å². The molecule has 0 bridgehead atoms. The van der Waals surface area contributed by atoms with Crippen LogP contribution in [0.4, 0.5) is 0 Å². The summed E-state index contributed by atoms with van der Waals surface area (Å²) in [5.74, 6) is 0. The van der Waals surface area contributed by atoms with E-state index < -0.39 is 10.0 Å². The average molecular weight is 343 g/mol. The molecule has 0 radical (unpaired) electrons. The van der Waals surface area contributed by atoms with Gasteiger partial charge in [0, 0.05) is 23.8 Å². The van der Waals surface area contributed by atoms with Gasteiger partial charge in [0.1, 0.15) is 0 Å². The van der Waals surface area contributed by atoms with Gasteiger partial charge in [-0.2, -0.15) is 4.31 Å². The maximum Gasteiger partial charge on any atom is 0.244 e. The minimum atomic E-state index is -3.43. The zero-order valence-corrected chi connectivity index (χ0v) is 12.2. The fourth-order valence-corrected chi connectivity index (χ4v) is 4.46. The Kier molecular flexibility index (Phi) is 3.15. The molecule has 1 aliphatic heterocycles. The van der Waals surface area contributed by atoms with Crippen LogP contribution in [0.2, 0.25) is 0 Å². The van der Waals surface area contributed by atoms with Gasteiger partial charge in [0.2, 0.25) is 10.0 Å². The van der Waals surface area contributed by atoms with Gasteiger partial charge in [0.05, 0.1) is 17.1 Å². The van der Waals surface area contributed by atoms with Crippen molar-refractivity contribution in [3.8, 4) is 0 Å². The molecule has 3 rings (SSSR count). The molecular formula is C11H11BrN4O2S. The van der Waals surface area contributed by atoms with E-state index in [1.807, 2.05) is 0 Å². The Morgan fingerprint density at radius 2 is 2.00 bits per heavy atom. The van der Waals surface area contributed by atoms with Crippen LogP contribution in [0.5, 0.6) is 0 Å². The van der Waals surface area contributed by atoms with Gasteiger partial charge in [-0.1, -0.05) is 17.3 Å². The summed E-state index contributed by atoms with van der Waals surface area (Å²) in [6.07, 6.45) is 3.33. The smallest absolute Gasteiger partial charge is 0.244 e. The number of rotatable bonds is 3. The second-order valence-corrected chi connectivity index (χ2v) is 7.05. The van der Waals surface area contributed by atoms with E-state index in [1.54, 1.807) is 41.3 Å². The fourth-order valence-electron chi connectivity index (χ4n) is 1.99. The first-order valence-electron chi connectivity index (χ1n) is 5.69. The average Bonchev–Trinajstić information content (AvgIpc) is 2.80.